The zero-order valence-corrected chi connectivity index (χ0v) is 48.4. The van der Waals surface area contributed by atoms with E-state index >= 15 is 0 Å². The molecule has 0 amide bonds. The van der Waals surface area contributed by atoms with Crippen LogP contribution in [0.15, 0.2) is 12.2 Å². The molecule has 0 aromatic rings. The number of allylic oxidation sites excluding steroid dienone is 1. The first kappa shape index (κ1) is 59.9. The molecule has 0 saturated heterocycles. The van der Waals surface area contributed by atoms with Crippen LogP contribution in [0.25, 0.3) is 0 Å². The quantitative estimate of drug-likeness (QED) is 0.0449. The monoisotopic (exact) mass is 943 g/mol. The van der Waals surface area contributed by atoms with Gasteiger partial charge in [0.05, 0.1) is 0 Å². The highest BCUT2D eigenvalue weighted by atomic mass is 32.7. The third-order valence-corrected chi connectivity index (χ3v) is 32.3. The zero-order valence-electron chi connectivity index (χ0n) is 41.6. The van der Waals surface area contributed by atoms with Gasteiger partial charge in [-0.1, -0.05) is 123 Å². The summed E-state index contributed by atoms with van der Waals surface area (Å²) in [6, 6.07) is 0. The fourth-order valence-electron chi connectivity index (χ4n) is 8.28. The fourth-order valence-corrected chi connectivity index (χ4v) is 33.4. The van der Waals surface area contributed by atoms with E-state index in [0.717, 1.165) is 71.0 Å². The summed E-state index contributed by atoms with van der Waals surface area (Å²) in [7, 11) is 0.138. The van der Waals surface area contributed by atoms with Gasteiger partial charge in [-0.15, -0.1) is 52.1 Å². The van der Waals surface area contributed by atoms with Gasteiger partial charge < -0.3 is 0 Å². The Morgan fingerprint density at radius 2 is 0.596 bits per heavy atom. The average Bonchev–Trinajstić information content (AvgIpc) is 3.03. The number of rotatable bonds is 37. The van der Waals surface area contributed by atoms with Crippen LogP contribution in [0, 0.1) is 71.0 Å². The number of hydrogen-bond donors (Lipinski definition) is 0. The summed E-state index contributed by atoms with van der Waals surface area (Å²) < 4.78 is 0. The molecule has 8 unspecified atom stereocenters. The van der Waals surface area contributed by atoms with Gasteiger partial charge in [-0.25, -0.2) is 0 Å². The first-order chi connectivity index (χ1) is 26.5. The van der Waals surface area contributed by atoms with Gasteiger partial charge in [0.1, 0.15) is 0 Å². The van der Waals surface area contributed by atoms with Crippen molar-refractivity contribution in [2.45, 2.75) is 157 Å². The standard InChI is InChI=1S/C49H102P4S4/c1-37(2)20-21-54-50(26-42(11)12)31-47(17)34-57-53(32-48(18)35-55-51(27-43(13)22-38(3)4)28-44(14)23-39(5)6)33-49(19)36-56-52(29-45(15)24-40(7)8)30-46(16)25-41(9)10/h38-49H,1,20-36H2,2-19H3. The lowest BCUT2D eigenvalue weighted by atomic mass is 10.0. The van der Waals surface area contributed by atoms with E-state index < -0.39 is 0 Å². The van der Waals surface area contributed by atoms with Gasteiger partial charge in [0.15, 0.2) is 0 Å². The summed E-state index contributed by atoms with van der Waals surface area (Å²) in [6.07, 6.45) is 18.5. The van der Waals surface area contributed by atoms with Crippen LogP contribution in [0.3, 0.4) is 0 Å². The predicted molar refractivity (Wildman–Crippen MR) is 293 cm³/mol. The summed E-state index contributed by atoms with van der Waals surface area (Å²) in [5.41, 5.74) is 1.35. The van der Waals surface area contributed by atoms with Crippen LogP contribution >= 0.6 is 74.0 Å². The molecule has 0 aliphatic heterocycles. The third kappa shape index (κ3) is 36.9. The van der Waals surface area contributed by atoms with Crippen molar-refractivity contribution in [1.29, 1.82) is 0 Å². The Hall–Kier alpha value is 2.86. The minimum absolute atomic E-state index is 0.0155. The van der Waals surface area contributed by atoms with Crippen LogP contribution in [0.1, 0.15) is 157 Å². The third-order valence-electron chi connectivity index (χ3n) is 10.1. The maximum absolute atomic E-state index is 4.20. The molecule has 0 fully saturated rings. The van der Waals surface area contributed by atoms with Gasteiger partial charge in [0, 0.05) is 23.0 Å². The van der Waals surface area contributed by atoms with E-state index in [-0.39, 0.29) is 28.5 Å². The zero-order chi connectivity index (χ0) is 43.7. The van der Waals surface area contributed by atoms with Crippen LogP contribution in [0.4, 0.5) is 0 Å². The Kier molecular flexibility index (Phi) is 36.9. The predicted octanol–water partition coefficient (Wildman–Crippen LogP) is 19.8. The summed E-state index contributed by atoms with van der Waals surface area (Å²) in [4.78, 5) is 0. The fraction of sp³-hybridized carbons (Fsp3) is 0.959. The van der Waals surface area contributed by atoms with Crippen molar-refractivity contribution in [2.75, 3.05) is 72.3 Å². The van der Waals surface area contributed by atoms with Gasteiger partial charge in [0.2, 0.25) is 0 Å². The van der Waals surface area contributed by atoms with E-state index in [4.69, 9.17) is 0 Å². The van der Waals surface area contributed by atoms with Gasteiger partial charge in [-0.2, -0.15) is 0 Å². The first-order valence-electron chi connectivity index (χ1n) is 23.7. The molecule has 0 rings (SSSR count). The second kappa shape index (κ2) is 35.2. The van der Waals surface area contributed by atoms with Crippen molar-refractivity contribution in [1.82, 2.24) is 0 Å². The maximum atomic E-state index is 4.20. The Morgan fingerprint density at radius 1 is 0.351 bits per heavy atom. The molecular formula is C49H102P4S4. The Labute approximate surface area is 383 Å². The van der Waals surface area contributed by atoms with Crippen LogP contribution in [-0.2, 0) is 0 Å². The molecular weight excluding hydrogens is 841 g/mol. The van der Waals surface area contributed by atoms with E-state index in [2.05, 4.69) is 177 Å². The molecule has 342 valence electrons. The Bertz CT molecular complexity index is 874. The SMILES string of the molecule is C=C(C)CCSP(CC(C)C)CC(C)CSP(CC(C)CSP(CC(C)CC(C)C)CC(C)CC(C)C)CC(C)CSP(CC(C)CC(C)C)CC(C)CC(C)C. The van der Waals surface area contributed by atoms with E-state index in [1.807, 2.05) is 0 Å². The van der Waals surface area contributed by atoms with Gasteiger partial charge in [-0.05, 0) is 188 Å². The van der Waals surface area contributed by atoms with E-state index in [0.29, 0.717) is 0 Å². The molecule has 8 heteroatoms. The summed E-state index contributed by atoms with van der Waals surface area (Å²) >= 11 is 9.65. The Balaban J connectivity index is 5.91. The molecule has 0 spiro atoms. The van der Waals surface area contributed by atoms with E-state index in [1.165, 1.54) is 110 Å². The first-order valence-corrected chi connectivity index (χ1v) is 36.9. The van der Waals surface area contributed by atoms with Crippen molar-refractivity contribution < 1.29 is 0 Å². The maximum Gasteiger partial charge on any atom is 0.00113 e. The van der Waals surface area contributed by atoms with E-state index in [1.54, 1.807) is 0 Å². The molecule has 8 atom stereocenters. The molecule has 0 aliphatic carbocycles. The molecule has 0 aliphatic rings. The molecule has 0 N–H and O–H groups in total. The van der Waals surface area contributed by atoms with Crippen molar-refractivity contribution in [3.8, 4) is 0 Å². The summed E-state index contributed by atoms with van der Waals surface area (Å²) in [5.74, 6) is 15.4. The van der Waals surface area contributed by atoms with Gasteiger partial charge >= 0.3 is 0 Å². The van der Waals surface area contributed by atoms with Crippen molar-refractivity contribution in [3.63, 3.8) is 0 Å². The second-order valence-corrected chi connectivity index (χ2v) is 40.0. The highest BCUT2D eigenvalue weighted by Gasteiger charge is 2.25. The van der Waals surface area contributed by atoms with Crippen LogP contribution in [-0.4, -0.2) is 72.3 Å². The average molecular weight is 944 g/mol. The molecule has 0 heterocycles. The molecule has 0 bridgehead atoms. The smallest absolute Gasteiger partial charge is 0.00113 e. The highest BCUT2D eigenvalue weighted by molar-refractivity contribution is 8.57. The molecule has 0 aromatic heterocycles. The summed E-state index contributed by atoms with van der Waals surface area (Å²) in [6.45, 7) is 48.7. The molecule has 0 radical (unpaired) electrons. The highest BCUT2D eigenvalue weighted by Crippen LogP contribution is 2.60. The lowest BCUT2D eigenvalue weighted by Gasteiger charge is -2.30. The van der Waals surface area contributed by atoms with Gasteiger partial charge in [-0.3, -0.25) is 0 Å². The molecule has 0 nitrogen and oxygen atoms in total. The molecule has 0 saturated carbocycles. The topological polar surface area (TPSA) is 0 Å². The van der Waals surface area contributed by atoms with Crippen molar-refractivity contribution in [3.05, 3.63) is 12.2 Å². The molecule has 0 aromatic carbocycles. The largest absolute Gasteiger partial charge is 0.134 e. The van der Waals surface area contributed by atoms with Gasteiger partial charge in [0.25, 0.3) is 0 Å². The van der Waals surface area contributed by atoms with Crippen LogP contribution < -0.4 is 0 Å². The van der Waals surface area contributed by atoms with Crippen LogP contribution in [0.2, 0.25) is 0 Å². The minimum Gasteiger partial charge on any atom is -0.134 e. The van der Waals surface area contributed by atoms with E-state index in [9.17, 15) is 0 Å². The second-order valence-electron chi connectivity index (χ2n) is 21.5. The lowest BCUT2D eigenvalue weighted by Crippen LogP contribution is -2.13. The van der Waals surface area contributed by atoms with Crippen molar-refractivity contribution >= 4 is 74.0 Å². The molecule has 57 heavy (non-hydrogen) atoms. The lowest BCUT2D eigenvalue weighted by molar-refractivity contribution is 0.464. The van der Waals surface area contributed by atoms with Crippen LogP contribution in [0.5, 0.6) is 0 Å². The summed E-state index contributed by atoms with van der Waals surface area (Å²) in [5, 5.41) is 0. The Morgan fingerprint density at radius 3 is 0.825 bits per heavy atom. The van der Waals surface area contributed by atoms with Crippen molar-refractivity contribution in [2.24, 2.45) is 71.0 Å². The number of hydrogen-bond acceptors (Lipinski definition) is 4. The normalized spacial score (nSPS) is 18.5. The minimum atomic E-state index is -0.0155.